The van der Waals surface area contributed by atoms with Crippen molar-refractivity contribution in [1.82, 2.24) is 4.98 Å². The molecule has 7 nitrogen and oxygen atoms in total. The summed E-state index contributed by atoms with van der Waals surface area (Å²) in [5.74, 6) is -1.17. The first-order valence-electron chi connectivity index (χ1n) is 12.0. The van der Waals surface area contributed by atoms with Crippen LogP contribution in [0.5, 0.6) is 11.6 Å². The molecule has 36 heavy (non-hydrogen) atoms. The molecule has 0 spiro atoms. The smallest absolute Gasteiger partial charge is 0.314 e. The Balaban J connectivity index is 2.32. The number of rotatable bonds is 11. The van der Waals surface area contributed by atoms with Gasteiger partial charge in [-0.05, 0) is 55.7 Å². The van der Waals surface area contributed by atoms with Crippen molar-refractivity contribution in [3.8, 4) is 34.0 Å². The highest BCUT2D eigenvalue weighted by molar-refractivity contribution is 7.89. The molecule has 2 N–H and O–H groups in total. The lowest BCUT2D eigenvalue weighted by atomic mass is 10.0. The number of hydrogen-bond donors (Lipinski definition) is 1. The maximum Gasteiger partial charge on any atom is 0.314 e. The monoisotopic (exact) mass is 514 g/mol. The highest BCUT2D eigenvalue weighted by Gasteiger charge is 2.27. The van der Waals surface area contributed by atoms with Crippen LogP contribution < -0.4 is 14.6 Å². The molecule has 0 aliphatic heterocycles. The number of benzene rings is 2. The van der Waals surface area contributed by atoms with Crippen molar-refractivity contribution in [3.63, 3.8) is 0 Å². The van der Waals surface area contributed by atoms with Gasteiger partial charge in [0.05, 0.1) is 23.1 Å². The third kappa shape index (κ3) is 6.47. The van der Waals surface area contributed by atoms with Crippen LogP contribution in [0.15, 0.2) is 59.5 Å². The lowest BCUT2D eigenvalue weighted by Gasteiger charge is -2.20. The van der Waals surface area contributed by atoms with Gasteiger partial charge < -0.3 is 9.47 Å². The minimum Gasteiger partial charge on any atom is -0.475 e. The molecule has 0 saturated heterocycles. The second-order valence-electron chi connectivity index (χ2n) is 8.37. The maximum absolute atomic E-state index is 13.6. The fraction of sp³-hybridized carbons (Fsp3) is 0.333. The van der Waals surface area contributed by atoms with E-state index in [1.54, 1.807) is 36.4 Å². The molecule has 0 bridgehead atoms. The molecule has 1 heterocycles. The summed E-state index contributed by atoms with van der Waals surface area (Å²) in [6.45, 7) is 6.10. The summed E-state index contributed by atoms with van der Waals surface area (Å²) >= 11 is 0. The Morgan fingerprint density at radius 2 is 1.69 bits per heavy atom. The van der Waals surface area contributed by atoms with E-state index in [0.29, 0.717) is 30.7 Å². The number of esters is 1. The molecule has 2 aromatic carbocycles. The van der Waals surface area contributed by atoms with Crippen molar-refractivity contribution in [3.05, 3.63) is 60.4 Å². The number of carbonyl (C=O) groups excluding carboxylic acids is 1. The minimum atomic E-state index is -4.12. The van der Waals surface area contributed by atoms with Gasteiger partial charge in [-0.1, -0.05) is 45.4 Å². The van der Waals surface area contributed by atoms with E-state index in [-0.39, 0.29) is 33.6 Å². The van der Waals surface area contributed by atoms with Crippen LogP contribution >= 0.6 is 0 Å². The lowest BCUT2D eigenvalue weighted by molar-refractivity contribution is -0.139. The van der Waals surface area contributed by atoms with E-state index in [4.69, 9.17) is 14.6 Å². The van der Waals surface area contributed by atoms with Crippen LogP contribution in [0.3, 0.4) is 0 Å². The van der Waals surface area contributed by atoms with Crippen LogP contribution in [0.2, 0.25) is 0 Å². The Kier molecular flexibility index (Phi) is 9.17. The number of aromatic nitrogens is 1. The highest BCUT2D eigenvalue weighted by atomic mass is 32.2. The van der Waals surface area contributed by atoms with Gasteiger partial charge in [-0.2, -0.15) is 0 Å². The fourth-order valence-corrected chi connectivity index (χ4v) is 4.48. The first-order valence-corrected chi connectivity index (χ1v) is 13.5. The van der Waals surface area contributed by atoms with Gasteiger partial charge >= 0.3 is 5.97 Å². The number of nitrogens with zero attached hydrogens (tertiary/aromatic N) is 1. The Bertz CT molecular complexity index is 1310. The van der Waals surface area contributed by atoms with Crippen LogP contribution in [0.4, 0.5) is 4.39 Å². The Morgan fingerprint density at radius 3 is 2.31 bits per heavy atom. The van der Waals surface area contributed by atoms with Gasteiger partial charge in [-0.25, -0.2) is 22.9 Å². The number of nitrogens with two attached hydrogens (primary N) is 1. The van der Waals surface area contributed by atoms with Gasteiger partial charge in [-0.3, -0.25) is 4.79 Å². The molecule has 0 aliphatic carbocycles. The van der Waals surface area contributed by atoms with Gasteiger partial charge in [0.15, 0.2) is 0 Å². The molecule has 1 aromatic heterocycles. The van der Waals surface area contributed by atoms with Crippen molar-refractivity contribution in [2.45, 2.75) is 51.3 Å². The molecule has 3 aromatic rings. The number of carbonyl (C=O) groups is 1. The van der Waals surface area contributed by atoms with Crippen LogP contribution in [-0.2, 0) is 14.8 Å². The summed E-state index contributed by atoms with van der Waals surface area (Å²) in [7, 11) is -4.12. The summed E-state index contributed by atoms with van der Waals surface area (Å²) in [5.41, 5.74) is 1.48. The number of hydrogen-bond acceptors (Lipinski definition) is 6. The minimum absolute atomic E-state index is 0.0185. The average molecular weight is 515 g/mol. The third-order valence-corrected chi connectivity index (χ3v) is 6.79. The van der Waals surface area contributed by atoms with Crippen LogP contribution in [0, 0.1) is 11.7 Å². The number of halogens is 1. The van der Waals surface area contributed by atoms with E-state index in [0.717, 1.165) is 12.8 Å². The van der Waals surface area contributed by atoms with Crippen molar-refractivity contribution < 1.29 is 27.1 Å². The van der Waals surface area contributed by atoms with Crippen molar-refractivity contribution in [1.29, 1.82) is 0 Å². The molecule has 0 amide bonds. The number of pyridine rings is 1. The molecule has 0 atom stereocenters. The van der Waals surface area contributed by atoms with E-state index in [1.165, 1.54) is 18.2 Å². The maximum atomic E-state index is 13.6. The zero-order valence-electron chi connectivity index (χ0n) is 20.7. The first-order chi connectivity index (χ1) is 17.2. The summed E-state index contributed by atoms with van der Waals surface area (Å²) in [6, 6.07) is 13.5. The first kappa shape index (κ1) is 27.3. The third-order valence-electron chi connectivity index (χ3n) is 5.82. The van der Waals surface area contributed by atoms with Crippen LogP contribution in [-0.4, -0.2) is 26.0 Å². The molecule has 3 rings (SSSR count). The van der Waals surface area contributed by atoms with E-state index >= 15 is 0 Å². The molecule has 0 unspecified atom stereocenters. The number of ether oxygens (including phenoxy) is 2. The normalized spacial score (nSPS) is 11.5. The van der Waals surface area contributed by atoms with E-state index in [1.807, 2.05) is 20.8 Å². The fourth-order valence-electron chi connectivity index (χ4n) is 3.73. The standard InChI is InChI=1S/C27H31FN2O5S/c1-4-7-16-34-26-25(35-27(31)18(5-2)6-3)22(21-10-8-9-11-24(21)36(29,32)33)17-23(30-26)19-12-14-20(28)15-13-19/h8-15,17-18H,4-7,16H2,1-3H3,(H2,29,32,33). The molecule has 0 aliphatic rings. The number of unbranched alkanes of at least 4 members (excludes halogenated alkanes) is 1. The molecule has 192 valence electrons. The van der Waals surface area contributed by atoms with Crippen LogP contribution in [0.1, 0.15) is 46.5 Å². The molecular weight excluding hydrogens is 483 g/mol. The summed E-state index contributed by atoms with van der Waals surface area (Å²) in [6.07, 6.45) is 2.74. The lowest BCUT2D eigenvalue weighted by Crippen LogP contribution is -2.20. The largest absolute Gasteiger partial charge is 0.475 e. The predicted molar refractivity (Wildman–Crippen MR) is 137 cm³/mol. The molecular formula is C27H31FN2O5S. The SMILES string of the molecule is CCCCOc1nc(-c2ccc(F)cc2)cc(-c2ccccc2S(N)(=O)=O)c1OC(=O)C(CC)CC. The van der Waals surface area contributed by atoms with Crippen molar-refractivity contribution >= 4 is 16.0 Å². The zero-order chi connectivity index (χ0) is 26.3. The molecule has 9 heteroatoms. The quantitative estimate of drug-likeness (QED) is 0.259. The number of sulfonamides is 1. The zero-order valence-corrected chi connectivity index (χ0v) is 21.5. The highest BCUT2D eigenvalue weighted by Crippen LogP contribution is 2.42. The Morgan fingerprint density at radius 1 is 1.03 bits per heavy atom. The van der Waals surface area contributed by atoms with Crippen molar-refractivity contribution in [2.75, 3.05) is 6.61 Å². The predicted octanol–water partition coefficient (Wildman–Crippen LogP) is 5.72. The topological polar surface area (TPSA) is 109 Å². The van der Waals surface area contributed by atoms with Gasteiger partial charge in [0.1, 0.15) is 5.82 Å². The molecule has 0 fully saturated rings. The average Bonchev–Trinajstić information content (AvgIpc) is 2.85. The van der Waals surface area contributed by atoms with Gasteiger partial charge in [0.2, 0.25) is 15.8 Å². The van der Waals surface area contributed by atoms with E-state index in [9.17, 15) is 17.6 Å². The second kappa shape index (κ2) is 12.1. The van der Waals surface area contributed by atoms with Crippen molar-refractivity contribution in [2.24, 2.45) is 11.1 Å². The van der Waals surface area contributed by atoms with E-state index in [2.05, 4.69) is 4.98 Å². The van der Waals surface area contributed by atoms with Gasteiger partial charge in [-0.15, -0.1) is 0 Å². The van der Waals surface area contributed by atoms with Gasteiger partial charge in [0, 0.05) is 16.7 Å². The van der Waals surface area contributed by atoms with E-state index < -0.39 is 21.8 Å². The summed E-state index contributed by atoms with van der Waals surface area (Å²) in [4.78, 5) is 17.5. The van der Waals surface area contributed by atoms with Crippen LogP contribution in [0.25, 0.3) is 22.4 Å². The molecule has 0 radical (unpaired) electrons. The molecule has 0 saturated carbocycles. The summed E-state index contributed by atoms with van der Waals surface area (Å²) < 4.78 is 50.3. The summed E-state index contributed by atoms with van der Waals surface area (Å²) in [5, 5.41) is 5.52. The van der Waals surface area contributed by atoms with Gasteiger partial charge in [0.25, 0.3) is 5.88 Å². The Hall–Kier alpha value is -3.30. The second-order valence-corrected chi connectivity index (χ2v) is 9.90. The number of primary sulfonamides is 1. The Labute approximate surface area is 211 Å².